The first kappa shape index (κ1) is 15.7. The molecule has 20 heavy (non-hydrogen) atoms. The number of ether oxygens (including phenoxy) is 1. The molecule has 0 bridgehead atoms. The number of halogens is 2. The van der Waals surface area contributed by atoms with Gasteiger partial charge in [-0.2, -0.15) is 0 Å². The van der Waals surface area contributed by atoms with Crippen LogP contribution in [0.3, 0.4) is 0 Å². The molecule has 1 aromatic rings. The summed E-state index contributed by atoms with van der Waals surface area (Å²) in [4.78, 5) is 2.39. The number of nitrogens with zero attached hydrogens (tertiary/aromatic N) is 1. The van der Waals surface area contributed by atoms with Gasteiger partial charge in [0.15, 0.2) is 0 Å². The van der Waals surface area contributed by atoms with E-state index in [4.69, 9.17) is 16.3 Å². The quantitative estimate of drug-likeness (QED) is 0.905. The Bertz CT molecular complexity index is 438. The number of rotatable bonds is 5. The van der Waals surface area contributed by atoms with E-state index < -0.39 is 0 Å². The first-order valence-electron chi connectivity index (χ1n) is 7.07. The van der Waals surface area contributed by atoms with Crippen molar-refractivity contribution in [1.82, 2.24) is 10.2 Å². The van der Waals surface area contributed by atoms with E-state index in [2.05, 4.69) is 24.1 Å². The Kier molecular flexibility index (Phi) is 5.78. The number of nitrogens with one attached hydrogen (secondary N) is 1. The van der Waals surface area contributed by atoms with Crippen LogP contribution < -0.4 is 5.32 Å². The van der Waals surface area contributed by atoms with Gasteiger partial charge in [-0.3, -0.25) is 4.90 Å². The predicted octanol–water partition coefficient (Wildman–Crippen LogP) is 2.85. The van der Waals surface area contributed by atoms with Crippen LogP contribution in [-0.4, -0.2) is 43.8 Å². The SMILES string of the molecule is CC(CN1CCOCC1)NC(C)c1ccc(F)cc1Cl. The fourth-order valence-electron chi connectivity index (χ4n) is 2.59. The second-order valence-corrected chi connectivity index (χ2v) is 5.78. The molecule has 112 valence electrons. The third kappa shape index (κ3) is 4.42. The van der Waals surface area contributed by atoms with Gasteiger partial charge in [-0.05, 0) is 31.5 Å². The van der Waals surface area contributed by atoms with Crippen molar-refractivity contribution in [2.45, 2.75) is 25.9 Å². The van der Waals surface area contributed by atoms with Crippen molar-refractivity contribution in [3.63, 3.8) is 0 Å². The van der Waals surface area contributed by atoms with Crippen LogP contribution in [0.1, 0.15) is 25.5 Å². The van der Waals surface area contributed by atoms with Crippen LogP contribution in [0, 0.1) is 5.82 Å². The lowest BCUT2D eigenvalue weighted by atomic mass is 10.1. The van der Waals surface area contributed by atoms with E-state index in [1.165, 1.54) is 12.1 Å². The lowest BCUT2D eigenvalue weighted by molar-refractivity contribution is 0.0339. The van der Waals surface area contributed by atoms with E-state index in [-0.39, 0.29) is 11.9 Å². The molecule has 2 rings (SSSR count). The minimum Gasteiger partial charge on any atom is -0.379 e. The fourth-order valence-corrected chi connectivity index (χ4v) is 2.92. The molecule has 1 N–H and O–H groups in total. The Morgan fingerprint density at radius 1 is 1.35 bits per heavy atom. The standard InChI is InChI=1S/C15H22ClFN2O/c1-11(10-19-5-7-20-8-6-19)18-12(2)14-4-3-13(17)9-15(14)16/h3-4,9,11-12,18H,5-8,10H2,1-2H3. The third-order valence-corrected chi connectivity index (χ3v) is 3.93. The Balaban J connectivity index is 1.87. The molecule has 0 aromatic heterocycles. The Morgan fingerprint density at radius 2 is 2.05 bits per heavy atom. The van der Waals surface area contributed by atoms with Crippen LogP contribution in [0.4, 0.5) is 4.39 Å². The molecule has 2 unspecified atom stereocenters. The van der Waals surface area contributed by atoms with Gasteiger partial charge < -0.3 is 10.1 Å². The Labute approximate surface area is 125 Å². The average Bonchev–Trinajstić information content (AvgIpc) is 2.39. The summed E-state index contributed by atoms with van der Waals surface area (Å²) >= 11 is 6.09. The molecule has 2 atom stereocenters. The maximum atomic E-state index is 13.1. The van der Waals surface area contributed by atoms with Crippen molar-refractivity contribution in [3.8, 4) is 0 Å². The molecule has 1 aliphatic rings. The molecule has 0 spiro atoms. The number of hydrogen-bond donors (Lipinski definition) is 1. The van der Waals surface area contributed by atoms with Crippen molar-refractivity contribution in [1.29, 1.82) is 0 Å². The highest BCUT2D eigenvalue weighted by molar-refractivity contribution is 6.31. The highest BCUT2D eigenvalue weighted by atomic mass is 35.5. The van der Waals surface area contributed by atoms with Gasteiger partial charge in [0.25, 0.3) is 0 Å². The summed E-state index contributed by atoms with van der Waals surface area (Å²) < 4.78 is 18.4. The van der Waals surface area contributed by atoms with Gasteiger partial charge >= 0.3 is 0 Å². The lowest BCUT2D eigenvalue weighted by Gasteiger charge is -2.30. The van der Waals surface area contributed by atoms with Crippen molar-refractivity contribution in [3.05, 3.63) is 34.6 Å². The number of benzene rings is 1. The molecule has 0 saturated carbocycles. The van der Waals surface area contributed by atoms with E-state index in [1.54, 1.807) is 6.07 Å². The van der Waals surface area contributed by atoms with Crippen LogP contribution in [0.25, 0.3) is 0 Å². The van der Waals surface area contributed by atoms with E-state index in [1.807, 2.05) is 0 Å². The monoisotopic (exact) mass is 300 g/mol. The van der Waals surface area contributed by atoms with E-state index in [0.717, 1.165) is 38.4 Å². The highest BCUT2D eigenvalue weighted by Crippen LogP contribution is 2.24. The molecule has 1 aromatic carbocycles. The maximum Gasteiger partial charge on any atom is 0.124 e. The van der Waals surface area contributed by atoms with Gasteiger partial charge in [0.2, 0.25) is 0 Å². The summed E-state index contributed by atoms with van der Waals surface area (Å²) in [6.45, 7) is 8.78. The highest BCUT2D eigenvalue weighted by Gasteiger charge is 2.17. The molecule has 1 fully saturated rings. The summed E-state index contributed by atoms with van der Waals surface area (Å²) in [6.07, 6.45) is 0. The van der Waals surface area contributed by atoms with Gasteiger partial charge in [-0.1, -0.05) is 17.7 Å². The molecular formula is C15H22ClFN2O. The van der Waals surface area contributed by atoms with Gasteiger partial charge in [-0.25, -0.2) is 4.39 Å². The molecule has 1 heterocycles. The second kappa shape index (κ2) is 7.36. The van der Waals surface area contributed by atoms with Crippen molar-refractivity contribution < 1.29 is 9.13 Å². The average molecular weight is 301 g/mol. The van der Waals surface area contributed by atoms with Crippen LogP contribution in [-0.2, 0) is 4.74 Å². The first-order chi connectivity index (χ1) is 9.56. The Morgan fingerprint density at radius 3 is 2.70 bits per heavy atom. The van der Waals surface area contributed by atoms with Crippen LogP contribution >= 0.6 is 11.6 Å². The number of morpholine rings is 1. The van der Waals surface area contributed by atoms with Crippen molar-refractivity contribution >= 4 is 11.6 Å². The molecule has 3 nitrogen and oxygen atoms in total. The summed E-state index contributed by atoms with van der Waals surface area (Å²) in [6, 6.07) is 4.99. The normalized spacial score (nSPS) is 19.8. The molecular weight excluding hydrogens is 279 g/mol. The zero-order chi connectivity index (χ0) is 14.5. The lowest BCUT2D eigenvalue weighted by Crippen LogP contribution is -2.45. The van der Waals surface area contributed by atoms with E-state index >= 15 is 0 Å². The maximum absolute atomic E-state index is 13.1. The minimum absolute atomic E-state index is 0.0964. The predicted molar refractivity (Wildman–Crippen MR) is 79.7 cm³/mol. The van der Waals surface area contributed by atoms with Crippen molar-refractivity contribution in [2.75, 3.05) is 32.8 Å². The molecule has 5 heteroatoms. The van der Waals surface area contributed by atoms with Crippen LogP contribution in [0.2, 0.25) is 5.02 Å². The Hall–Kier alpha value is -0.680. The molecule has 1 aliphatic heterocycles. The van der Waals surface area contributed by atoms with Crippen LogP contribution in [0.15, 0.2) is 18.2 Å². The largest absolute Gasteiger partial charge is 0.379 e. The topological polar surface area (TPSA) is 24.5 Å². The third-order valence-electron chi connectivity index (χ3n) is 3.60. The second-order valence-electron chi connectivity index (χ2n) is 5.37. The van der Waals surface area contributed by atoms with Gasteiger partial charge in [-0.15, -0.1) is 0 Å². The smallest absolute Gasteiger partial charge is 0.124 e. The van der Waals surface area contributed by atoms with E-state index in [9.17, 15) is 4.39 Å². The zero-order valence-electron chi connectivity index (χ0n) is 12.0. The molecule has 0 radical (unpaired) electrons. The first-order valence-corrected chi connectivity index (χ1v) is 7.45. The van der Waals surface area contributed by atoms with Crippen LogP contribution in [0.5, 0.6) is 0 Å². The zero-order valence-corrected chi connectivity index (χ0v) is 12.8. The van der Waals surface area contributed by atoms with Gasteiger partial charge in [0.1, 0.15) is 5.82 Å². The number of hydrogen-bond acceptors (Lipinski definition) is 3. The molecule has 0 aliphatic carbocycles. The minimum atomic E-state index is -0.299. The van der Waals surface area contributed by atoms with E-state index in [0.29, 0.717) is 11.1 Å². The summed E-state index contributed by atoms with van der Waals surface area (Å²) in [5, 5.41) is 3.99. The summed E-state index contributed by atoms with van der Waals surface area (Å²) in [5.41, 5.74) is 0.932. The fraction of sp³-hybridized carbons (Fsp3) is 0.600. The molecule has 0 amide bonds. The van der Waals surface area contributed by atoms with Gasteiger partial charge in [0, 0.05) is 36.7 Å². The van der Waals surface area contributed by atoms with Gasteiger partial charge in [0.05, 0.1) is 13.2 Å². The molecule has 1 saturated heterocycles. The summed E-state index contributed by atoms with van der Waals surface area (Å²) in [7, 11) is 0. The van der Waals surface area contributed by atoms with Crippen molar-refractivity contribution in [2.24, 2.45) is 0 Å². The summed E-state index contributed by atoms with van der Waals surface area (Å²) in [5.74, 6) is -0.299.